The number of anilines is 1. The van der Waals surface area contributed by atoms with E-state index in [-0.39, 0.29) is 5.56 Å². The standard InChI is InChI=1S/C13H23BrN4O/c1-5-10(3)17(4)8-7-15-11-9-16-18(6-2)13(19)12(11)14/h9-10,15H,5-8H2,1-4H3. The lowest BCUT2D eigenvalue weighted by Gasteiger charge is -2.23. The number of likely N-dealkylation sites (N-methyl/N-ethyl adjacent to an activating group) is 1. The molecule has 1 heterocycles. The van der Waals surface area contributed by atoms with E-state index in [2.05, 4.69) is 52.1 Å². The van der Waals surface area contributed by atoms with E-state index < -0.39 is 0 Å². The third kappa shape index (κ3) is 4.31. The Balaban J connectivity index is 2.60. The summed E-state index contributed by atoms with van der Waals surface area (Å²) in [4.78, 5) is 14.2. The van der Waals surface area contributed by atoms with E-state index in [1.807, 2.05) is 6.92 Å². The summed E-state index contributed by atoms with van der Waals surface area (Å²) in [6.07, 6.45) is 2.83. The van der Waals surface area contributed by atoms with Gasteiger partial charge in [-0.15, -0.1) is 0 Å². The topological polar surface area (TPSA) is 50.2 Å². The summed E-state index contributed by atoms with van der Waals surface area (Å²) in [5, 5.41) is 7.36. The van der Waals surface area contributed by atoms with Crippen molar-refractivity contribution in [2.45, 2.75) is 39.8 Å². The first-order valence-corrected chi connectivity index (χ1v) is 7.50. The largest absolute Gasteiger partial charge is 0.381 e. The Hall–Kier alpha value is -0.880. The van der Waals surface area contributed by atoms with Gasteiger partial charge in [0.25, 0.3) is 5.56 Å². The number of rotatable bonds is 7. The number of aromatic nitrogens is 2. The van der Waals surface area contributed by atoms with Crippen LogP contribution in [0.25, 0.3) is 0 Å². The third-order valence-corrected chi connectivity index (χ3v) is 4.17. The summed E-state index contributed by atoms with van der Waals surface area (Å²) in [5.74, 6) is 0. The molecule has 0 saturated carbocycles. The first kappa shape index (κ1) is 16.2. The van der Waals surface area contributed by atoms with Crippen molar-refractivity contribution in [3.05, 3.63) is 21.0 Å². The van der Waals surface area contributed by atoms with Crippen molar-refractivity contribution in [3.63, 3.8) is 0 Å². The number of halogens is 1. The first-order chi connectivity index (χ1) is 9.01. The Morgan fingerprint density at radius 3 is 2.79 bits per heavy atom. The maximum absolute atomic E-state index is 11.9. The predicted molar refractivity (Wildman–Crippen MR) is 82.7 cm³/mol. The fraction of sp³-hybridized carbons (Fsp3) is 0.692. The SMILES string of the molecule is CCC(C)N(C)CCNc1cnn(CC)c(=O)c1Br. The van der Waals surface area contributed by atoms with E-state index in [4.69, 9.17) is 0 Å². The molecule has 0 saturated heterocycles. The van der Waals surface area contributed by atoms with Crippen LogP contribution in [-0.2, 0) is 6.54 Å². The van der Waals surface area contributed by atoms with E-state index in [1.54, 1.807) is 6.20 Å². The molecule has 0 aliphatic carbocycles. The van der Waals surface area contributed by atoms with Crippen LogP contribution in [0.3, 0.4) is 0 Å². The van der Waals surface area contributed by atoms with Crippen LogP contribution in [0.2, 0.25) is 0 Å². The molecule has 19 heavy (non-hydrogen) atoms. The monoisotopic (exact) mass is 330 g/mol. The highest BCUT2D eigenvalue weighted by molar-refractivity contribution is 9.10. The van der Waals surface area contributed by atoms with Gasteiger partial charge in [-0.2, -0.15) is 5.10 Å². The average Bonchev–Trinajstić information content (AvgIpc) is 2.42. The molecule has 0 aliphatic heterocycles. The van der Waals surface area contributed by atoms with E-state index >= 15 is 0 Å². The lowest BCUT2D eigenvalue weighted by atomic mass is 10.2. The van der Waals surface area contributed by atoms with Crippen LogP contribution in [-0.4, -0.2) is 40.9 Å². The van der Waals surface area contributed by atoms with E-state index in [0.29, 0.717) is 17.1 Å². The van der Waals surface area contributed by atoms with Gasteiger partial charge < -0.3 is 10.2 Å². The maximum atomic E-state index is 11.9. The highest BCUT2D eigenvalue weighted by atomic mass is 79.9. The Kier molecular flexibility index (Phi) is 6.51. The number of nitrogens with zero attached hydrogens (tertiary/aromatic N) is 3. The molecule has 1 aromatic heterocycles. The van der Waals surface area contributed by atoms with Gasteiger partial charge in [0, 0.05) is 25.7 Å². The summed E-state index contributed by atoms with van der Waals surface area (Å²) in [6, 6.07) is 0.566. The molecular formula is C13H23BrN4O. The van der Waals surface area contributed by atoms with E-state index in [1.165, 1.54) is 4.68 Å². The molecular weight excluding hydrogens is 308 g/mol. The molecule has 1 atom stereocenters. The molecule has 0 aliphatic rings. The molecule has 1 N–H and O–H groups in total. The molecule has 0 fully saturated rings. The van der Waals surface area contributed by atoms with Crippen molar-refractivity contribution < 1.29 is 0 Å². The van der Waals surface area contributed by atoms with Crippen molar-refractivity contribution in [3.8, 4) is 0 Å². The number of aryl methyl sites for hydroxylation is 1. The quantitative estimate of drug-likeness (QED) is 0.832. The molecule has 108 valence electrons. The van der Waals surface area contributed by atoms with Gasteiger partial charge in [0.05, 0.1) is 11.9 Å². The normalized spacial score (nSPS) is 12.7. The smallest absolute Gasteiger partial charge is 0.283 e. The second-order valence-electron chi connectivity index (χ2n) is 4.66. The van der Waals surface area contributed by atoms with Gasteiger partial charge in [-0.05, 0) is 43.2 Å². The zero-order valence-corrected chi connectivity index (χ0v) is 13.7. The highest BCUT2D eigenvalue weighted by Crippen LogP contribution is 2.15. The van der Waals surface area contributed by atoms with Crippen molar-refractivity contribution in [1.82, 2.24) is 14.7 Å². The van der Waals surface area contributed by atoms with Crippen LogP contribution < -0.4 is 10.9 Å². The van der Waals surface area contributed by atoms with E-state index in [9.17, 15) is 4.79 Å². The van der Waals surface area contributed by atoms with Crippen LogP contribution in [0, 0.1) is 0 Å². The van der Waals surface area contributed by atoms with E-state index in [0.717, 1.165) is 25.2 Å². The molecule has 6 heteroatoms. The summed E-state index contributed by atoms with van der Waals surface area (Å²) in [7, 11) is 2.11. The number of nitrogens with one attached hydrogen (secondary N) is 1. The van der Waals surface area contributed by atoms with Gasteiger partial charge in [0.1, 0.15) is 4.47 Å². The van der Waals surface area contributed by atoms with Crippen LogP contribution >= 0.6 is 15.9 Å². The molecule has 5 nitrogen and oxygen atoms in total. The second kappa shape index (κ2) is 7.65. The molecule has 0 spiro atoms. The van der Waals surface area contributed by atoms with Gasteiger partial charge in [-0.3, -0.25) is 4.79 Å². The Labute approximate surface area is 123 Å². The number of hydrogen-bond donors (Lipinski definition) is 1. The molecule has 1 aromatic rings. The van der Waals surface area contributed by atoms with Gasteiger partial charge in [0.15, 0.2) is 0 Å². The molecule has 0 aromatic carbocycles. The fourth-order valence-corrected chi connectivity index (χ4v) is 2.16. The third-order valence-electron chi connectivity index (χ3n) is 3.41. The summed E-state index contributed by atoms with van der Waals surface area (Å²) >= 11 is 3.33. The second-order valence-corrected chi connectivity index (χ2v) is 5.45. The summed E-state index contributed by atoms with van der Waals surface area (Å²) in [5.41, 5.74) is 0.662. The minimum atomic E-state index is -0.0946. The Morgan fingerprint density at radius 1 is 1.53 bits per heavy atom. The van der Waals surface area contributed by atoms with Gasteiger partial charge >= 0.3 is 0 Å². The molecule has 1 unspecified atom stereocenters. The van der Waals surface area contributed by atoms with Crippen molar-refractivity contribution in [1.29, 1.82) is 0 Å². The van der Waals surface area contributed by atoms with Crippen LogP contribution in [0.15, 0.2) is 15.5 Å². The maximum Gasteiger partial charge on any atom is 0.283 e. The lowest BCUT2D eigenvalue weighted by molar-refractivity contribution is 0.261. The molecule has 1 rings (SSSR count). The van der Waals surface area contributed by atoms with Crippen molar-refractivity contribution in [2.75, 3.05) is 25.5 Å². The zero-order chi connectivity index (χ0) is 14.4. The number of hydrogen-bond acceptors (Lipinski definition) is 4. The van der Waals surface area contributed by atoms with Crippen molar-refractivity contribution in [2.24, 2.45) is 0 Å². The summed E-state index contributed by atoms with van der Waals surface area (Å²) in [6.45, 7) is 8.58. The first-order valence-electron chi connectivity index (χ1n) is 6.70. The average molecular weight is 331 g/mol. The Bertz CT molecular complexity index is 460. The van der Waals surface area contributed by atoms with Crippen molar-refractivity contribution >= 4 is 21.6 Å². The molecule has 0 radical (unpaired) electrons. The molecule has 0 amide bonds. The van der Waals surface area contributed by atoms with Gasteiger partial charge in [-0.25, -0.2) is 4.68 Å². The fourth-order valence-electron chi connectivity index (χ4n) is 1.71. The zero-order valence-electron chi connectivity index (χ0n) is 12.1. The van der Waals surface area contributed by atoms with Crippen LogP contribution in [0.4, 0.5) is 5.69 Å². The van der Waals surface area contributed by atoms with Gasteiger partial charge in [-0.1, -0.05) is 6.92 Å². The predicted octanol–water partition coefficient (Wildman–Crippen LogP) is 2.17. The summed E-state index contributed by atoms with van der Waals surface area (Å²) < 4.78 is 1.98. The molecule has 0 bridgehead atoms. The van der Waals surface area contributed by atoms with Crippen LogP contribution in [0.1, 0.15) is 27.2 Å². The highest BCUT2D eigenvalue weighted by Gasteiger charge is 2.09. The van der Waals surface area contributed by atoms with Crippen LogP contribution in [0.5, 0.6) is 0 Å². The Morgan fingerprint density at radius 2 is 2.21 bits per heavy atom. The van der Waals surface area contributed by atoms with Gasteiger partial charge in [0.2, 0.25) is 0 Å². The minimum absolute atomic E-state index is 0.0946. The minimum Gasteiger partial charge on any atom is -0.381 e. The lowest BCUT2D eigenvalue weighted by Crippen LogP contribution is -2.33.